The third-order valence-corrected chi connectivity index (χ3v) is 4.87. The number of fused-ring (bicyclic) bond motifs is 1. The van der Waals surface area contributed by atoms with Crippen molar-refractivity contribution in [3.05, 3.63) is 60.7 Å². The van der Waals surface area contributed by atoms with E-state index in [1.807, 2.05) is 60.5 Å². The van der Waals surface area contributed by atoms with Crippen molar-refractivity contribution in [3.63, 3.8) is 0 Å². The summed E-state index contributed by atoms with van der Waals surface area (Å²) in [6.07, 6.45) is 0. The smallest absolute Gasteiger partial charge is 0.234 e. The number of para-hydroxylation sites is 3. The van der Waals surface area contributed by atoms with Crippen molar-refractivity contribution in [1.82, 2.24) is 4.90 Å². The number of thioether (sulfide) groups is 1. The highest BCUT2D eigenvalue weighted by atomic mass is 32.2. The zero-order valence-electron chi connectivity index (χ0n) is 14.2. The first-order valence-electron chi connectivity index (χ1n) is 7.76. The molecule has 1 aliphatic heterocycles. The number of amides is 1. The first-order valence-corrected chi connectivity index (χ1v) is 8.75. The molecule has 25 heavy (non-hydrogen) atoms. The molecule has 2 aromatic carbocycles. The Labute approximate surface area is 151 Å². The van der Waals surface area contributed by atoms with Gasteiger partial charge in [-0.05, 0) is 18.2 Å². The van der Waals surface area contributed by atoms with E-state index in [4.69, 9.17) is 4.74 Å². The van der Waals surface area contributed by atoms with Crippen LogP contribution in [0.1, 0.15) is 5.56 Å². The Kier molecular flexibility index (Phi) is 5.09. The first kappa shape index (κ1) is 17.1. The summed E-state index contributed by atoms with van der Waals surface area (Å²) in [5.41, 5.74) is 3.41. The third kappa shape index (κ3) is 3.69. The third-order valence-electron chi connectivity index (χ3n) is 3.84. The highest BCUT2D eigenvalue weighted by Crippen LogP contribution is 2.34. The van der Waals surface area contributed by atoms with Gasteiger partial charge in [0, 0.05) is 18.3 Å². The Bertz CT molecular complexity index is 848. The van der Waals surface area contributed by atoms with Gasteiger partial charge in [0.2, 0.25) is 5.91 Å². The molecule has 0 saturated heterocycles. The van der Waals surface area contributed by atoms with Crippen LogP contribution >= 0.6 is 11.8 Å². The number of amidine groups is 1. The molecule has 1 aliphatic rings. The Balaban J connectivity index is 1.68. The van der Waals surface area contributed by atoms with Crippen LogP contribution in [0, 0.1) is 0 Å². The molecule has 0 atom stereocenters. The highest BCUT2D eigenvalue weighted by molar-refractivity contribution is 8.14. The normalized spacial score (nSPS) is 13.1. The summed E-state index contributed by atoms with van der Waals surface area (Å²) in [6, 6.07) is 15.2. The van der Waals surface area contributed by atoms with E-state index in [1.54, 1.807) is 7.11 Å². The molecule has 1 heterocycles. The number of benzene rings is 2. The molecule has 0 radical (unpaired) electrons. The number of nitrogens with zero attached hydrogens (tertiary/aromatic N) is 2. The van der Waals surface area contributed by atoms with E-state index in [1.165, 1.54) is 11.8 Å². The molecule has 0 unspecified atom stereocenters. The van der Waals surface area contributed by atoms with Crippen molar-refractivity contribution < 1.29 is 9.53 Å². The lowest BCUT2D eigenvalue weighted by Crippen LogP contribution is -2.26. The minimum Gasteiger partial charge on any atom is -0.495 e. The van der Waals surface area contributed by atoms with E-state index >= 15 is 0 Å². The molecule has 0 spiro atoms. The van der Waals surface area contributed by atoms with Crippen LogP contribution in [0.4, 0.5) is 11.4 Å². The topological polar surface area (TPSA) is 53.9 Å². The molecule has 6 heteroatoms. The SMILES string of the molecule is C=C1c2ccccc2N=C(SCC(=O)Nc2ccccc2OC)N1C. The van der Waals surface area contributed by atoms with Crippen LogP contribution in [0.15, 0.2) is 60.1 Å². The fourth-order valence-corrected chi connectivity index (χ4v) is 3.28. The standard InChI is InChI=1S/C19H19N3O2S/c1-13-14-8-4-5-9-15(14)21-19(22(13)2)25-12-18(23)20-16-10-6-7-11-17(16)24-3/h4-11H,1,12H2,2-3H3,(H,20,23). The Morgan fingerprint density at radius 3 is 2.76 bits per heavy atom. The summed E-state index contributed by atoms with van der Waals surface area (Å²) < 4.78 is 5.25. The fraction of sp³-hybridized carbons (Fsp3) is 0.158. The molecule has 3 rings (SSSR count). The summed E-state index contributed by atoms with van der Waals surface area (Å²) in [4.78, 5) is 18.8. The molecule has 2 aromatic rings. The second kappa shape index (κ2) is 7.44. The number of rotatable bonds is 4. The van der Waals surface area contributed by atoms with E-state index in [9.17, 15) is 4.79 Å². The Morgan fingerprint density at radius 1 is 1.24 bits per heavy atom. The van der Waals surface area contributed by atoms with Crippen molar-refractivity contribution in [2.24, 2.45) is 4.99 Å². The molecule has 1 amide bonds. The number of carbonyl (C=O) groups is 1. The van der Waals surface area contributed by atoms with E-state index in [0.717, 1.165) is 22.1 Å². The van der Waals surface area contributed by atoms with E-state index in [-0.39, 0.29) is 11.7 Å². The molecule has 5 nitrogen and oxygen atoms in total. The van der Waals surface area contributed by atoms with Gasteiger partial charge in [-0.15, -0.1) is 0 Å². The van der Waals surface area contributed by atoms with Gasteiger partial charge >= 0.3 is 0 Å². The molecule has 0 fully saturated rings. The summed E-state index contributed by atoms with van der Waals surface area (Å²) in [5, 5.41) is 3.61. The van der Waals surface area contributed by atoms with Crippen molar-refractivity contribution in [1.29, 1.82) is 0 Å². The number of hydrogen-bond acceptors (Lipinski definition) is 5. The van der Waals surface area contributed by atoms with Gasteiger partial charge in [-0.1, -0.05) is 48.7 Å². The highest BCUT2D eigenvalue weighted by Gasteiger charge is 2.21. The lowest BCUT2D eigenvalue weighted by atomic mass is 10.1. The number of anilines is 1. The van der Waals surface area contributed by atoms with Crippen molar-refractivity contribution in [2.75, 3.05) is 25.2 Å². The Hall–Kier alpha value is -2.73. The van der Waals surface area contributed by atoms with Gasteiger partial charge in [-0.3, -0.25) is 4.79 Å². The second-order valence-electron chi connectivity index (χ2n) is 5.45. The van der Waals surface area contributed by atoms with Crippen molar-refractivity contribution in [2.45, 2.75) is 0 Å². The molecule has 0 aromatic heterocycles. The molecular formula is C19H19N3O2S. The van der Waals surface area contributed by atoms with Gasteiger partial charge in [0.25, 0.3) is 0 Å². The number of methoxy groups -OCH3 is 1. The number of ether oxygens (including phenoxy) is 1. The van der Waals surface area contributed by atoms with Gasteiger partial charge in [-0.2, -0.15) is 0 Å². The maximum Gasteiger partial charge on any atom is 0.234 e. The average molecular weight is 353 g/mol. The molecule has 1 N–H and O–H groups in total. The monoisotopic (exact) mass is 353 g/mol. The predicted molar refractivity (Wildman–Crippen MR) is 104 cm³/mol. The van der Waals surface area contributed by atoms with Gasteiger partial charge in [-0.25, -0.2) is 4.99 Å². The molecule has 0 bridgehead atoms. The van der Waals surface area contributed by atoms with Crippen LogP contribution in [0.25, 0.3) is 5.70 Å². The molecular weight excluding hydrogens is 334 g/mol. The van der Waals surface area contributed by atoms with Crippen LogP contribution in [-0.4, -0.2) is 35.9 Å². The summed E-state index contributed by atoms with van der Waals surface area (Å²) >= 11 is 1.38. The van der Waals surface area contributed by atoms with Crippen molar-refractivity contribution in [3.8, 4) is 5.75 Å². The van der Waals surface area contributed by atoms with Gasteiger partial charge in [0.1, 0.15) is 5.75 Å². The molecule has 0 aliphatic carbocycles. The fourth-order valence-electron chi connectivity index (χ4n) is 2.48. The number of nitrogens with one attached hydrogen (secondary N) is 1. The average Bonchev–Trinajstić information content (AvgIpc) is 2.64. The summed E-state index contributed by atoms with van der Waals surface area (Å²) in [7, 11) is 3.48. The molecule has 0 saturated carbocycles. The largest absolute Gasteiger partial charge is 0.495 e. The zero-order chi connectivity index (χ0) is 17.8. The van der Waals surface area contributed by atoms with Crippen LogP contribution < -0.4 is 10.1 Å². The van der Waals surface area contributed by atoms with Gasteiger partial charge < -0.3 is 15.0 Å². The maximum absolute atomic E-state index is 12.3. The van der Waals surface area contributed by atoms with E-state index in [0.29, 0.717) is 11.4 Å². The predicted octanol–water partition coefficient (Wildman–Crippen LogP) is 3.97. The number of hydrogen-bond donors (Lipinski definition) is 1. The molecule has 128 valence electrons. The minimum absolute atomic E-state index is 0.116. The second-order valence-corrected chi connectivity index (χ2v) is 6.40. The lowest BCUT2D eigenvalue weighted by molar-refractivity contribution is -0.113. The quantitative estimate of drug-likeness (QED) is 0.904. The Morgan fingerprint density at radius 2 is 1.96 bits per heavy atom. The minimum atomic E-state index is -0.116. The first-order chi connectivity index (χ1) is 12.1. The summed E-state index contributed by atoms with van der Waals surface area (Å²) in [6.45, 7) is 4.12. The summed E-state index contributed by atoms with van der Waals surface area (Å²) in [5.74, 6) is 0.766. The maximum atomic E-state index is 12.3. The van der Waals surface area contributed by atoms with Crippen LogP contribution in [0.2, 0.25) is 0 Å². The van der Waals surface area contributed by atoms with E-state index in [2.05, 4.69) is 16.9 Å². The number of aliphatic imine (C=N–C) groups is 1. The van der Waals surface area contributed by atoms with Crippen LogP contribution in [-0.2, 0) is 4.79 Å². The van der Waals surface area contributed by atoms with Gasteiger partial charge in [0.05, 0.1) is 24.2 Å². The number of carbonyl (C=O) groups excluding carboxylic acids is 1. The van der Waals surface area contributed by atoms with E-state index < -0.39 is 0 Å². The van der Waals surface area contributed by atoms with Crippen LogP contribution in [0.3, 0.4) is 0 Å². The van der Waals surface area contributed by atoms with Crippen molar-refractivity contribution >= 4 is 39.9 Å². The van der Waals surface area contributed by atoms with Gasteiger partial charge in [0.15, 0.2) is 5.17 Å². The lowest BCUT2D eigenvalue weighted by Gasteiger charge is -2.28. The van der Waals surface area contributed by atoms with Crippen LogP contribution in [0.5, 0.6) is 5.75 Å². The zero-order valence-corrected chi connectivity index (χ0v) is 15.0.